The summed E-state index contributed by atoms with van der Waals surface area (Å²) < 4.78 is 5.53. The first-order chi connectivity index (χ1) is 7.86. The largest absolute Gasteiger partial charge is 0.377 e. The average molecular weight is 242 g/mol. The molecule has 0 amide bonds. The van der Waals surface area contributed by atoms with Crippen molar-refractivity contribution in [1.82, 2.24) is 10.2 Å². The van der Waals surface area contributed by atoms with Crippen molar-refractivity contribution in [3.63, 3.8) is 0 Å². The summed E-state index contributed by atoms with van der Waals surface area (Å²) in [6.45, 7) is 13.5. The van der Waals surface area contributed by atoms with Gasteiger partial charge in [-0.15, -0.1) is 0 Å². The molecule has 1 rings (SSSR count). The highest BCUT2D eigenvalue weighted by atomic mass is 16.5. The molecule has 1 fully saturated rings. The maximum absolute atomic E-state index is 5.53. The van der Waals surface area contributed by atoms with Crippen LogP contribution in [0.3, 0.4) is 0 Å². The van der Waals surface area contributed by atoms with E-state index in [-0.39, 0.29) is 5.60 Å². The molecule has 1 saturated heterocycles. The highest BCUT2D eigenvalue weighted by molar-refractivity contribution is 4.87. The molecule has 0 aliphatic carbocycles. The maximum Gasteiger partial charge on any atom is 0.0772 e. The molecule has 0 radical (unpaired) electrons. The molecule has 3 nitrogen and oxygen atoms in total. The average Bonchev–Trinajstić information content (AvgIpc) is 2.29. The monoisotopic (exact) mass is 242 g/mol. The maximum atomic E-state index is 5.53. The van der Waals surface area contributed by atoms with Crippen LogP contribution in [-0.2, 0) is 4.74 Å². The highest BCUT2D eigenvalue weighted by Crippen LogP contribution is 2.18. The lowest BCUT2D eigenvalue weighted by molar-refractivity contribution is -0.0109. The second kappa shape index (κ2) is 6.17. The first-order valence-electron chi connectivity index (χ1n) is 6.92. The van der Waals surface area contributed by atoms with E-state index in [9.17, 15) is 0 Å². The SMILES string of the molecule is COC(C)(C)C(C)NC1CCN(C(C)C)CC1. The van der Waals surface area contributed by atoms with Gasteiger partial charge in [0.05, 0.1) is 5.60 Å². The summed E-state index contributed by atoms with van der Waals surface area (Å²) in [6.07, 6.45) is 2.50. The highest BCUT2D eigenvalue weighted by Gasteiger charge is 2.29. The molecule has 0 saturated carbocycles. The third-order valence-corrected chi connectivity index (χ3v) is 4.31. The van der Waals surface area contributed by atoms with Crippen LogP contribution < -0.4 is 5.32 Å². The first-order valence-corrected chi connectivity index (χ1v) is 6.92. The molecule has 17 heavy (non-hydrogen) atoms. The number of nitrogens with one attached hydrogen (secondary N) is 1. The lowest BCUT2D eigenvalue weighted by Crippen LogP contribution is -2.53. The first kappa shape index (κ1) is 14.9. The Hall–Kier alpha value is -0.120. The number of hydrogen-bond acceptors (Lipinski definition) is 3. The van der Waals surface area contributed by atoms with Crippen molar-refractivity contribution in [3.05, 3.63) is 0 Å². The molecule has 0 aromatic carbocycles. The van der Waals surface area contributed by atoms with Crippen LogP contribution in [0.2, 0.25) is 0 Å². The fourth-order valence-corrected chi connectivity index (χ4v) is 2.31. The van der Waals surface area contributed by atoms with Crippen LogP contribution in [0.15, 0.2) is 0 Å². The number of piperidine rings is 1. The van der Waals surface area contributed by atoms with E-state index in [0.717, 1.165) is 0 Å². The molecule has 1 atom stereocenters. The van der Waals surface area contributed by atoms with E-state index in [2.05, 4.69) is 44.8 Å². The number of ether oxygens (including phenoxy) is 1. The number of nitrogens with zero attached hydrogens (tertiary/aromatic N) is 1. The summed E-state index contributed by atoms with van der Waals surface area (Å²) in [5.41, 5.74) is -0.0881. The Morgan fingerprint density at radius 2 is 1.71 bits per heavy atom. The van der Waals surface area contributed by atoms with Gasteiger partial charge in [-0.3, -0.25) is 0 Å². The minimum Gasteiger partial charge on any atom is -0.377 e. The molecular weight excluding hydrogens is 212 g/mol. The molecule has 1 aliphatic heterocycles. The zero-order valence-corrected chi connectivity index (χ0v) is 12.4. The van der Waals surface area contributed by atoms with Gasteiger partial charge >= 0.3 is 0 Å². The van der Waals surface area contributed by atoms with Gasteiger partial charge in [-0.2, -0.15) is 0 Å². The van der Waals surface area contributed by atoms with E-state index >= 15 is 0 Å². The predicted octanol–water partition coefficient (Wildman–Crippen LogP) is 2.26. The predicted molar refractivity (Wildman–Crippen MR) is 73.4 cm³/mol. The van der Waals surface area contributed by atoms with Gasteiger partial charge in [0, 0.05) is 25.2 Å². The molecule has 0 aromatic heterocycles. The standard InChI is InChI=1S/C14H30N2O/c1-11(2)16-9-7-13(8-10-16)15-12(3)14(4,5)17-6/h11-13,15H,7-10H2,1-6H3. The smallest absolute Gasteiger partial charge is 0.0772 e. The van der Waals surface area contributed by atoms with Crippen molar-refractivity contribution in [2.75, 3.05) is 20.2 Å². The van der Waals surface area contributed by atoms with Gasteiger partial charge in [-0.05, 0) is 60.5 Å². The lowest BCUT2D eigenvalue weighted by atomic mass is 9.96. The van der Waals surface area contributed by atoms with Gasteiger partial charge in [0.15, 0.2) is 0 Å². The van der Waals surface area contributed by atoms with Gasteiger partial charge < -0.3 is 15.0 Å². The molecule has 3 heteroatoms. The van der Waals surface area contributed by atoms with Crippen molar-refractivity contribution >= 4 is 0 Å². The van der Waals surface area contributed by atoms with Crippen LogP contribution in [0.1, 0.15) is 47.5 Å². The van der Waals surface area contributed by atoms with Gasteiger partial charge in [-0.1, -0.05) is 0 Å². The zero-order valence-electron chi connectivity index (χ0n) is 12.4. The van der Waals surface area contributed by atoms with Gasteiger partial charge in [0.2, 0.25) is 0 Å². The van der Waals surface area contributed by atoms with E-state index in [1.165, 1.54) is 25.9 Å². The summed E-state index contributed by atoms with van der Waals surface area (Å²) in [5.74, 6) is 0. The third-order valence-electron chi connectivity index (χ3n) is 4.31. The molecule has 1 unspecified atom stereocenters. The summed E-state index contributed by atoms with van der Waals surface area (Å²) in [6, 6.07) is 1.72. The normalized spacial score (nSPS) is 22.1. The van der Waals surface area contributed by atoms with Crippen LogP contribution in [-0.4, -0.2) is 48.8 Å². The Morgan fingerprint density at radius 1 is 1.18 bits per heavy atom. The van der Waals surface area contributed by atoms with E-state index in [4.69, 9.17) is 4.74 Å². The topological polar surface area (TPSA) is 24.5 Å². The Kier molecular flexibility index (Phi) is 5.42. The second-order valence-electron chi connectivity index (χ2n) is 6.10. The molecule has 0 bridgehead atoms. The number of likely N-dealkylation sites (tertiary alicyclic amines) is 1. The van der Waals surface area contributed by atoms with E-state index in [1.807, 2.05) is 0 Å². The van der Waals surface area contributed by atoms with E-state index in [1.54, 1.807) is 7.11 Å². The molecule has 0 spiro atoms. The van der Waals surface area contributed by atoms with Crippen LogP contribution in [0.4, 0.5) is 0 Å². The molecule has 1 N–H and O–H groups in total. The summed E-state index contributed by atoms with van der Waals surface area (Å²) >= 11 is 0. The van der Waals surface area contributed by atoms with Crippen LogP contribution in [0.5, 0.6) is 0 Å². The fourth-order valence-electron chi connectivity index (χ4n) is 2.31. The van der Waals surface area contributed by atoms with Crippen LogP contribution in [0.25, 0.3) is 0 Å². The fraction of sp³-hybridized carbons (Fsp3) is 1.00. The Labute approximate surface area is 107 Å². The van der Waals surface area contributed by atoms with E-state index < -0.39 is 0 Å². The van der Waals surface area contributed by atoms with Crippen molar-refractivity contribution in [1.29, 1.82) is 0 Å². The Morgan fingerprint density at radius 3 is 2.12 bits per heavy atom. The second-order valence-corrected chi connectivity index (χ2v) is 6.10. The number of hydrogen-bond donors (Lipinski definition) is 1. The third kappa shape index (κ3) is 4.23. The van der Waals surface area contributed by atoms with Gasteiger partial charge in [0.1, 0.15) is 0 Å². The summed E-state index contributed by atoms with van der Waals surface area (Å²) in [7, 11) is 1.79. The van der Waals surface area contributed by atoms with Crippen LogP contribution in [0, 0.1) is 0 Å². The summed E-state index contributed by atoms with van der Waals surface area (Å²) in [5, 5.41) is 3.72. The zero-order chi connectivity index (χ0) is 13.1. The van der Waals surface area contributed by atoms with Crippen LogP contribution >= 0.6 is 0 Å². The van der Waals surface area contributed by atoms with E-state index in [0.29, 0.717) is 18.1 Å². The van der Waals surface area contributed by atoms with Crippen molar-refractivity contribution < 1.29 is 4.74 Å². The minimum atomic E-state index is -0.0881. The Bertz CT molecular complexity index is 220. The Balaban J connectivity index is 2.35. The number of methoxy groups -OCH3 is 1. The van der Waals surface area contributed by atoms with Crippen molar-refractivity contribution in [2.24, 2.45) is 0 Å². The minimum absolute atomic E-state index is 0.0881. The van der Waals surface area contributed by atoms with Gasteiger partial charge in [-0.25, -0.2) is 0 Å². The summed E-state index contributed by atoms with van der Waals surface area (Å²) in [4.78, 5) is 2.56. The van der Waals surface area contributed by atoms with Crippen molar-refractivity contribution in [2.45, 2.75) is 71.2 Å². The molecule has 102 valence electrons. The lowest BCUT2D eigenvalue weighted by Gasteiger charge is -2.39. The van der Waals surface area contributed by atoms with Crippen molar-refractivity contribution in [3.8, 4) is 0 Å². The molecular formula is C14H30N2O. The molecule has 1 aliphatic rings. The molecule has 0 aromatic rings. The number of rotatable bonds is 5. The quantitative estimate of drug-likeness (QED) is 0.800. The molecule has 1 heterocycles. The van der Waals surface area contributed by atoms with Gasteiger partial charge in [0.25, 0.3) is 0 Å².